The van der Waals surface area contributed by atoms with Gasteiger partial charge in [-0.15, -0.1) is 0 Å². The lowest BCUT2D eigenvalue weighted by Crippen LogP contribution is -2.46. The van der Waals surface area contributed by atoms with Crippen molar-refractivity contribution in [1.29, 1.82) is 0 Å². The molecule has 1 rings (SSSR count). The van der Waals surface area contributed by atoms with Crippen LogP contribution in [0.25, 0.3) is 0 Å². The number of hydrogen-bond donors (Lipinski definition) is 1. The topological polar surface area (TPSA) is 49.4 Å². The minimum Gasteiger partial charge on any atom is -0.247 e. The van der Waals surface area contributed by atoms with Crippen LogP contribution in [0.5, 0.6) is 0 Å². The van der Waals surface area contributed by atoms with Gasteiger partial charge in [0.2, 0.25) is 0 Å². The number of hydrogen-bond acceptors (Lipinski definition) is 3. The number of nitrogens with one attached hydrogen (secondary N) is 1. The quantitative estimate of drug-likeness (QED) is 0.597. The number of sulfonamides is 1. The highest BCUT2D eigenvalue weighted by Crippen LogP contribution is 2.24. The number of alkyl halides is 3. The minimum absolute atomic E-state index is 0.401. The average molecular weight is 358 g/mol. The van der Waals surface area contributed by atoms with Crippen LogP contribution in [-0.4, -0.2) is 36.2 Å². The van der Waals surface area contributed by atoms with Crippen molar-refractivity contribution >= 4 is 32.9 Å². The lowest BCUT2D eigenvalue weighted by molar-refractivity contribution is -0.0452. The van der Waals surface area contributed by atoms with E-state index in [9.17, 15) is 21.6 Å². The first-order chi connectivity index (χ1) is 6.72. The number of halogens is 4. The standard InChI is InChI=1S/C6H10F3IN2O2S/c7-6(8,9)15(13,14)11-5-1-3-12(10)4-2-5/h5,11H,1-4H2. The Kier molecular flexibility index (Phi) is 4.23. The van der Waals surface area contributed by atoms with Crippen molar-refractivity contribution in [1.82, 2.24) is 7.84 Å². The summed E-state index contributed by atoms with van der Waals surface area (Å²) in [4.78, 5) is 0. The van der Waals surface area contributed by atoms with E-state index < -0.39 is 21.6 Å². The smallest absolute Gasteiger partial charge is 0.247 e. The molecular weight excluding hydrogens is 348 g/mol. The van der Waals surface area contributed by atoms with Crippen molar-refractivity contribution < 1.29 is 21.6 Å². The molecule has 0 atom stereocenters. The highest BCUT2D eigenvalue weighted by molar-refractivity contribution is 14.1. The maximum absolute atomic E-state index is 12.0. The Labute approximate surface area is 99.7 Å². The van der Waals surface area contributed by atoms with E-state index >= 15 is 0 Å². The zero-order valence-corrected chi connectivity index (χ0v) is 10.6. The molecule has 1 heterocycles. The Hall–Kier alpha value is 0.390. The summed E-state index contributed by atoms with van der Waals surface area (Å²) >= 11 is 2.05. The molecule has 90 valence electrons. The fourth-order valence-electron chi connectivity index (χ4n) is 1.25. The first-order valence-electron chi connectivity index (χ1n) is 4.22. The maximum atomic E-state index is 12.0. The van der Waals surface area contributed by atoms with Gasteiger partial charge in [0.1, 0.15) is 0 Å². The van der Waals surface area contributed by atoms with Gasteiger partial charge in [-0.25, -0.2) is 16.3 Å². The van der Waals surface area contributed by atoms with E-state index in [1.54, 1.807) is 4.72 Å². The van der Waals surface area contributed by atoms with E-state index in [-0.39, 0.29) is 0 Å². The highest BCUT2D eigenvalue weighted by atomic mass is 127. The molecule has 0 amide bonds. The zero-order valence-electron chi connectivity index (χ0n) is 7.59. The predicted octanol–water partition coefficient (Wildman–Crippen LogP) is 1.24. The molecule has 0 radical (unpaired) electrons. The SMILES string of the molecule is O=S(=O)(NC1CCN(I)CC1)C(F)(F)F. The van der Waals surface area contributed by atoms with Gasteiger partial charge < -0.3 is 0 Å². The van der Waals surface area contributed by atoms with Crippen LogP contribution < -0.4 is 4.72 Å². The monoisotopic (exact) mass is 358 g/mol. The Morgan fingerprint density at radius 3 is 2.13 bits per heavy atom. The normalized spacial score (nSPS) is 21.9. The summed E-state index contributed by atoms with van der Waals surface area (Å²) < 4.78 is 61.1. The van der Waals surface area contributed by atoms with Crippen LogP contribution >= 0.6 is 22.9 Å². The third-order valence-electron chi connectivity index (χ3n) is 2.07. The molecule has 1 aliphatic heterocycles. The molecule has 0 bridgehead atoms. The van der Waals surface area contributed by atoms with Crippen LogP contribution in [0, 0.1) is 0 Å². The van der Waals surface area contributed by atoms with Gasteiger partial charge >= 0.3 is 15.5 Å². The molecule has 0 unspecified atom stereocenters. The number of rotatable bonds is 2. The van der Waals surface area contributed by atoms with Crippen LogP contribution in [0.4, 0.5) is 13.2 Å². The molecule has 1 N–H and O–H groups in total. The molecule has 0 aromatic carbocycles. The van der Waals surface area contributed by atoms with Gasteiger partial charge in [-0.1, -0.05) is 0 Å². The zero-order chi connectivity index (χ0) is 11.7. The van der Waals surface area contributed by atoms with Crippen molar-refractivity contribution in [3.05, 3.63) is 0 Å². The van der Waals surface area contributed by atoms with Crippen LogP contribution in [0.1, 0.15) is 12.8 Å². The van der Waals surface area contributed by atoms with Gasteiger partial charge in [0.15, 0.2) is 0 Å². The lowest BCUT2D eigenvalue weighted by atomic mass is 10.1. The summed E-state index contributed by atoms with van der Waals surface area (Å²) in [5.74, 6) is 0. The third kappa shape index (κ3) is 3.71. The summed E-state index contributed by atoms with van der Waals surface area (Å²) in [5.41, 5.74) is -5.21. The minimum atomic E-state index is -5.21. The first-order valence-corrected chi connectivity index (χ1v) is 6.66. The second kappa shape index (κ2) is 4.72. The van der Waals surface area contributed by atoms with E-state index in [0.29, 0.717) is 25.9 Å². The molecule has 4 nitrogen and oxygen atoms in total. The molecule has 0 aliphatic carbocycles. The summed E-state index contributed by atoms with van der Waals surface area (Å²) in [5, 5.41) is 0. The van der Waals surface area contributed by atoms with Gasteiger partial charge in [0.25, 0.3) is 0 Å². The van der Waals surface area contributed by atoms with Crippen LogP contribution in [0.15, 0.2) is 0 Å². The van der Waals surface area contributed by atoms with Gasteiger partial charge in [0.05, 0.1) is 0 Å². The fourth-order valence-corrected chi connectivity index (χ4v) is 2.62. The van der Waals surface area contributed by atoms with E-state index in [4.69, 9.17) is 0 Å². The largest absolute Gasteiger partial charge is 0.511 e. The van der Waals surface area contributed by atoms with E-state index in [2.05, 4.69) is 22.9 Å². The predicted molar refractivity (Wildman–Crippen MR) is 56.7 cm³/mol. The molecule has 1 fully saturated rings. The van der Waals surface area contributed by atoms with E-state index in [0.717, 1.165) is 0 Å². The molecule has 1 saturated heterocycles. The van der Waals surface area contributed by atoms with Crippen LogP contribution in [0.2, 0.25) is 0 Å². The Morgan fingerprint density at radius 2 is 1.73 bits per heavy atom. The molecular formula is C6H10F3IN2O2S. The van der Waals surface area contributed by atoms with Crippen molar-refractivity contribution in [2.24, 2.45) is 0 Å². The lowest BCUT2D eigenvalue weighted by Gasteiger charge is -2.28. The third-order valence-corrected chi connectivity index (χ3v) is 4.28. The van der Waals surface area contributed by atoms with E-state index in [1.165, 1.54) is 0 Å². The molecule has 1 aliphatic rings. The van der Waals surface area contributed by atoms with Gasteiger partial charge in [-0.3, -0.25) is 0 Å². The Morgan fingerprint density at radius 1 is 1.27 bits per heavy atom. The molecule has 15 heavy (non-hydrogen) atoms. The van der Waals surface area contributed by atoms with Crippen molar-refractivity contribution in [3.63, 3.8) is 0 Å². The fraction of sp³-hybridized carbons (Fsp3) is 1.00. The Bertz CT molecular complexity index is 311. The second-order valence-electron chi connectivity index (χ2n) is 3.25. The summed E-state index contributed by atoms with van der Waals surface area (Å²) in [7, 11) is -5.19. The Balaban J connectivity index is 2.56. The molecule has 0 aromatic heterocycles. The van der Waals surface area contributed by atoms with Gasteiger partial charge in [0, 0.05) is 42.0 Å². The molecule has 9 heteroatoms. The summed E-state index contributed by atoms with van der Waals surface area (Å²) in [6.07, 6.45) is 0.802. The molecule has 0 saturated carbocycles. The van der Waals surface area contributed by atoms with Crippen LogP contribution in [-0.2, 0) is 10.0 Å². The van der Waals surface area contributed by atoms with Crippen molar-refractivity contribution in [2.75, 3.05) is 13.1 Å². The van der Waals surface area contributed by atoms with Gasteiger partial charge in [-0.05, 0) is 12.8 Å². The molecule has 0 aromatic rings. The van der Waals surface area contributed by atoms with Crippen molar-refractivity contribution in [2.45, 2.75) is 24.4 Å². The molecule has 0 spiro atoms. The average Bonchev–Trinajstić information content (AvgIpc) is 2.06. The summed E-state index contributed by atoms with van der Waals surface area (Å²) in [6.45, 7) is 1.18. The maximum Gasteiger partial charge on any atom is 0.511 e. The van der Waals surface area contributed by atoms with Gasteiger partial charge in [-0.2, -0.15) is 13.2 Å². The van der Waals surface area contributed by atoms with E-state index in [1.807, 2.05) is 3.11 Å². The summed E-state index contributed by atoms with van der Waals surface area (Å²) in [6, 6.07) is -0.609. The van der Waals surface area contributed by atoms with Crippen LogP contribution in [0.3, 0.4) is 0 Å². The number of piperidine rings is 1. The highest BCUT2D eigenvalue weighted by Gasteiger charge is 2.46. The first kappa shape index (κ1) is 13.5. The number of nitrogens with zero attached hydrogens (tertiary/aromatic N) is 1. The van der Waals surface area contributed by atoms with Crippen molar-refractivity contribution in [3.8, 4) is 0 Å². The second-order valence-corrected chi connectivity index (χ2v) is 6.32.